The Bertz CT molecular complexity index is 835. The molecule has 2 heterocycles. The number of imidazole rings is 1. The van der Waals surface area contributed by atoms with Crippen LogP contribution in [0.4, 0.5) is 0 Å². The zero-order valence-corrected chi connectivity index (χ0v) is 14.3. The van der Waals surface area contributed by atoms with Gasteiger partial charge in [-0.3, -0.25) is 9.48 Å². The van der Waals surface area contributed by atoms with Gasteiger partial charge in [0, 0.05) is 25.4 Å². The Morgan fingerprint density at radius 1 is 1.38 bits per heavy atom. The molecule has 0 aliphatic carbocycles. The van der Waals surface area contributed by atoms with Gasteiger partial charge >= 0.3 is 0 Å². The first kappa shape index (κ1) is 16.2. The van der Waals surface area contributed by atoms with Crippen molar-refractivity contribution in [2.24, 2.45) is 5.92 Å². The number of hydrogen-bond acceptors (Lipinski definition) is 3. The van der Waals surface area contributed by atoms with Crippen molar-refractivity contribution in [3.05, 3.63) is 47.5 Å². The fourth-order valence-corrected chi connectivity index (χ4v) is 2.73. The molecule has 0 spiro atoms. The van der Waals surface area contributed by atoms with Crippen LogP contribution < -0.4 is 5.32 Å². The second-order valence-corrected chi connectivity index (χ2v) is 6.26. The highest BCUT2D eigenvalue weighted by molar-refractivity contribution is 5.80. The monoisotopic (exact) mass is 325 g/mol. The lowest BCUT2D eigenvalue weighted by atomic mass is 10.1. The van der Waals surface area contributed by atoms with E-state index in [1.807, 2.05) is 19.2 Å². The van der Waals surface area contributed by atoms with Crippen LogP contribution in [0.1, 0.15) is 23.9 Å². The number of carbonyl (C=O) groups is 1. The van der Waals surface area contributed by atoms with Crippen molar-refractivity contribution in [3.63, 3.8) is 0 Å². The largest absolute Gasteiger partial charge is 0.355 e. The van der Waals surface area contributed by atoms with Crippen LogP contribution in [0.15, 0.2) is 30.6 Å². The number of aryl methyl sites for hydroxylation is 2. The second kappa shape index (κ2) is 6.86. The molecule has 3 aromatic rings. The van der Waals surface area contributed by atoms with Gasteiger partial charge in [-0.25, -0.2) is 4.98 Å². The Hall–Kier alpha value is -2.63. The molecule has 2 aromatic heterocycles. The molecule has 2 N–H and O–H groups in total. The Morgan fingerprint density at radius 2 is 2.21 bits per heavy atom. The molecule has 0 saturated heterocycles. The number of benzene rings is 1. The average Bonchev–Trinajstić information content (AvgIpc) is 3.20. The molecule has 0 saturated carbocycles. The van der Waals surface area contributed by atoms with Gasteiger partial charge in [0.25, 0.3) is 0 Å². The normalized spacial score (nSPS) is 12.5. The van der Waals surface area contributed by atoms with Crippen molar-refractivity contribution in [1.82, 2.24) is 25.1 Å². The molecule has 0 aliphatic rings. The summed E-state index contributed by atoms with van der Waals surface area (Å²) in [6, 6.07) is 6.01. The number of fused-ring (bicyclic) bond motifs is 1. The van der Waals surface area contributed by atoms with Crippen molar-refractivity contribution in [2.75, 3.05) is 6.54 Å². The van der Waals surface area contributed by atoms with Crippen molar-refractivity contribution in [3.8, 4) is 0 Å². The van der Waals surface area contributed by atoms with Gasteiger partial charge in [-0.05, 0) is 37.1 Å². The third-order valence-electron chi connectivity index (χ3n) is 4.36. The number of nitrogens with one attached hydrogen (secondary N) is 2. The summed E-state index contributed by atoms with van der Waals surface area (Å²) in [5.41, 5.74) is 4.50. The number of H-pyrrole nitrogens is 1. The fraction of sp³-hybridized carbons (Fsp3) is 0.389. The van der Waals surface area contributed by atoms with E-state index in [0.29, 0.717) is 19.5 Å². The number of aromatic nitrogens is 4. The summed E-state index contributed by atoms with van der Waals surface area (Å²) in [7, 11) is 0. The Balaban J connectivity index is 1.54. The van der Waals surface area contributed by atoms with E-state index in [2.05, 4.69) is 46.4 Å². The van der Waals surface area contributed by atoms with Gasteiger partial charge in [0.2, 0.25) is 5.91 Å². The molecule has 1 unspecified atom stereocenters. The van der Waals surface area contributed by atoms with E-state index in [-0.39, 0.29) is 11.8 Å². The number of nitrogens with zero attached hydrogens (tertiary/aromatic N) is 3. The van der Waals surface area contributed by atoms with Gasteiger partial charge in [0.1, 0.15) is 5.82 Å². The van der Waals surface area contributed by atoms with Crippen molar-refractivity contribution in [1.29, 1.82) is 0 Å². The SMILES string of the molecule is Cc1ccc2[nH]c(CCNC(=O)C(C)Cn3cccn3)nc2c1C. The van der Waals surface area contributed by atoms with Gasteiger partial charge in [0.15, 0.2) is 0 Å². The van der Waals surface area contributed by atoms with E-state index in [4.69, 9.17) is 0 Å². The molecule has 3 rings (SSSR count). The van der Waals surface area contributed by atoms with Crippen LogP contribution in [-0.2, 0) is 17.8 Å². The van der Waals surface area contributed by atoms with E-state index in [0.717, 1.165) is 16.9 Å². The van der Waals surface area contributed by atoms with E-state index >= 15 is 0 Å². The minimum Gasteiger partial charge on any atom is -0.355 e. The highest BCUT2D eigenvalue weighted by Crippen LogP contribution is 2.19. The van der Waals surface area contributed by atoms with Crippen LogP contribution >= 0.6 is 0 Å². The highest BCUT2D eigenvalue weighted by Gasteiger charge is 2.13. The molecule has 0 fully saturated rings. The molecule has 6 heteroatoms. The predicted molar refractivity (Wildman–Crippen MR) is 93.7 cm³/mol. The standard InChI is InChI=1S/C18H23N5O/c1-12-5-6-15-17(14(12)3)22-16(21-15)7-9-19-18(24)13(2)11-23-10-4-8-20-23/h4-6,8,10,13H,7,9,11H2,1-3H3,(H,19,24)(H,21,22). The molecule has 1 atom stereocenters. The molecule has 1 aromatic carbocycles. The van der Waals surface area contributed by atoms with Crippen LogP contribution in [0.3, 0.4) is 0 Å². The zero-order chi connectivity index (χ0) is 17.1. The number of amides is 1. The summed E-state index contributed by atoms with van der Waals surface area (Å²) in [5, 5.41) is 7.10. The highest BCUT2D eigenvalue weighted by atomic mass is 16.1. The van der Waals surface area contributed by atoms with Crippen LogP contribution in [0.25, 0.3) is 11.0 Å². The van der Waals surface area contributed by atoms with E-state index in [9.17, 15) is 4.79 Å². The first-order valence-electron chi connectivity index (χ1n) is 8.24. The lowest BCUT2D eigenvalue weighted by molar-refractivity contribution is -0.124. The van der Waals surface area contributed by atoms with Gasteiger partial charge in [-0.15, -0.1) is 0 Å². The maximum atomic E-state index is 12.1. The third kappa shape index (κ3) is 3.48. The summed E-state index contributed by atoms with van der Waals surface area (Å²) < 4.78 is 1.77. The number of hydrogen-bond donors (Lipinski definition) is 2. The lowest BCUT2D eigenvalue weighted by Crippen LogP contribution is -2.33. The minimum absolute atomic E-state index is 0.0358. The predicted octanol–water partition coefficient (Wildman–Crippen LogP) is 2.37. The summed E-state index contributed by atoms with van der Waals surface area (Å²) in [5.74, 6) is 0.817. The van der Waals surface area contributed by atoms with Crippen LogP contribution in [0.2, 0.25) is 0 Å². The topological polar surface area (TPSA) is 75.6 Å². The first-order chi connectivity index (χ1) is 11.5. The Labute approximate surface area is 141 Å². The molecule has 1 amide bonds. The molecule has 0 radical (unpaired) electrons. The molecule has 126 valence electrons. The smallest absolute Gasteiger partial charge is 0.224 e. The van der Waals surface area contributed by atoms with Gasteiger partial charge in [-0.1, -0.05) is 13.0 Å². The summed E-state index contributed by atoms with van der Waals surface area (Å²) in [6.45, 7) is 7.23. The number of rotatable bonds is 6. The molecular weight excluding hydrogens is 302 g/mol. The van der Waals surface area contributed by atoms with Crippen molar-refractivity contribution >= 4 is 16.9 Å². The van der Waals surface area contributed by atoms with E-state index in [1.54, 1.807) is 10.9 Å². The van der Waals surface area contributed by atoms with Crippen LogP contribution in [-0.4, -0.2) is 32.2 Å². The number of aromatic amines is 1. The summed E-state index contributed by atoms with van der Waals surface area (Å²) in [6.07, 6.45) is 4.27. The first-order valence-corrected chi connectivity index (χ1v) is 8.24. The maximum Gasteiger partial charge on any atom is 0.224 e. The molecule has 0 bridgehead atoms. The van der Waals surface area contributed by atoms with Crippen LogP contribution in [0.5, 0.6) is 0 Å². The maximum absolute atomic E-state index is 12.1. The molecular formula is C18H23N5O. The minimum atomic E-state index is -0.120. The quantitative estimate of drug-likeness (QED) is 0.730. The van der Waals surface area contributed by atoms with Crippen LogP contribution in [0, 0.1) is 19.8 Å². The molecule has 0 aliphatic heterocycles. The second-order valence-electron chi connectivity index (χ2n) is 6.26. The molecule has 6 nitrogen and oxygen atoms in total. The summed E-state index contributed by atoms with van der Waals surface area (Å²) in [4.78, 5) is 20.1. The Kier molecular flexibility index (Phi) is 4.64. The fourth-order valence-electron chi connectivity index (χ4n) is 2.73. The van der Waals surface area contributed by atoms with Crippen molar-refractivity contribution in [2.45, 2.75) is 33.7 Å². The Morgan fingerprint density at radius 3 is 2.96 bits per heavy atom. The van der Waals surface area contributed by atoms with Gasteiger partial charge in [-0.2, -0.15) is 5.10 Å². The number of carbonyl (C=O) groups excluding carboxylic acids is 1. The van der Waals surface area contributed by atoms with Gasteiger partial charge in [0.05, 0.1) is 23.5 Å². The lowest BCUT2D eigenvalue weighted by Gasteiger charge is -2.11. The third-order valence-corrected chi connectivity index (χ3v) is 4.36. The molecule has 24 heavy (non-hydrogen) atoms. The van der Waals surface area contributed by atoms with E-state index in [1.165, 1.54) is 11.1 Å². The zero-order valence-electron chi connectivity index (χ0n) is 14.3. The average molecular weight is 325 g/mol. The summed E-state index contributed by atoms with van der Waals surface area (Å²) >= 11 is 0. The van der Waals surface area contributed by atoms with E-state index < -0.39 is 0 Å². The van der Waals surface area contributed by atoms with Gasteiger partial charge < -0.3 is 10.3 Å². The van der Waals surface area contributed by atoms with Crippen molar-refractivity contribution < 1.29 is 4.79 Å².